The van der Waals surface area contributed by atoms with Crippen LogP contribution in [0.2, 0.25) is 0 Å². The summed E-state index contributed by atoms with van der Waals surface area (Å²) < 4.78 is 0.940. The fraction of sp³-hybridized carbons (Fsp3) is 0.429. The van der Waals surface area contributed by atoms with Crippen molar-refractivity contribution in [3.63, 3.8) is 0 Å². The van der Waals surface area contributed by atoms with Gasteiger partial charge in [-0.05, 0) is 34.5 Å². The normalized spacial score (nSPS) is 25.1. The van der Waals surface area contributed by atoms with Gasteiger partial charge < -0.3 is 11.1 Å². The number of fused-ring (bicyclic) bond motifs is 1. The van der Waals surface area contributed by atoms with E-state index in [9.17, 15) is 0 Å². The standard InChI is InChI=1S/C14H17BrN4/c1-14(2)11(16)6-12(14)19-9-3-4-17-10-5-8(15)7-18-13(9)10/h3-5,7,11-12H,6,16H2,1-2H3,(H,17,19). The van der Waals surface area contributed by atoms with Crippen molar-refractivity contribution in [2.24, 2.45) is 11.1 Å². The Bertz CT molecular complexity index is 626. The lowest BCUT2D eigenvalue weighted by Crippen LogP contribution is -2.61. The third kappa shape index (κ3) is 2.11. The van der Waals surface area contributed by atoms with Gasteiger partial charge in [-0.2, -0.15) is 0 Å². The summed E-state index contributed by atoms with van der Waals surface area (Å²) in [6.45, 7) is 4.40. The van der Waals surface area contributed by atoms with Crippen molar-refractivity contribution in [2.45, 2.75) is 32.4 Å². The van der Waals surface area contributed by atoms with Crippen LogP contribution in [0.3, 0.4) is 0 Å². The van der Waals surface area contributed by atoms with Gasteiger partial charge in [-0.25, -0.2) is 0 Å². The lowest BCUT2D eigenvalue weighted by molar-refractivity contribution is 0.117. The van der Waals surface area contributed by atoms with Gasteiger partial charge in [-0.1, -0.05) is 13.8 Å². The summed E-state index contributed by atoms with van der Waals surface area (Å²) in [5.74, 6) is 0. The molecule has 2 atom stereocenters. The number of aromatic nitrogens is 2. The Labute approximate surface area is 120 Å². The molecule has 0 spiro atoms. The molecule has 1 aliphatic rings. The molecule has 1 fully saturated rings. The molecule has 2 aromatic rings. The van der Waals surface area contributed by atoms with E-state index in [0.717, 1.165) is 27.6 Å². The molecule has 2 unspecified atom stereocenters. The first-order valence-corrected chi connectivity index (χ1v) is 7.20. The summed E-state index contributed by atoms with van der Waals surface area (Å²) >= 11 is 3.42. The molecule has 5 heteroatoms. The SMILES string of the molecule is CC1(C)C(N)CC1Nc1ccnc2cc(Br)cnc12. The summed E-state index contributed by atoms with van der Waals surface area (Å²) in [5, 5.41) is 3.56. The first-order valence-electron chi connectivity index (χ1n) is 6.41. The fourth-order valence-electron chi connectivity index (χ4n) is 2.51. The molecule has 0 radical (unpaired) electrons. The van der Waals surface area contributed by atoms with Crippen LogP contribution in [-0.4, -0.2) is 22.1 Å². The van der Waals surface area contributed by atoms with Crippen molar-refractivity contribution in [1.29, 1.82) is 0 Å². The highest BCUT2D eigenvalue weighted by atomic mass is 79.9. The van der Waals surface area contributed by atoms with Gasteiger partial charge in [-0.3, -0.25) is 9.97 Å². The Kier molecular flexibility index (Phi) is 2.98. The average Bonchev–Trinajstić information content (AvgIpc) is 2.38. The number of nitrogens with zero attached hydrogens (tertiary/aromatic N) is 2. The van der Waals surface area contributed by atoms with Crippen LogP contribution in [-0.2, 0) is 0 Å². The summed E-state index contributed by atoms with van der Waals surface area (Å²) in [7, 11) is 0. The van der Waals surface area contributed by atoms with Crippen LogP contribution >= 0.6 is 15.9 Å². The average molecular weight is 321 g/mol. The van der Waals surface area contributed by atoms with E-state index in [0.29, 0.717) is 6.04 Å². The molecule has 100 valence electrons. The molecule has 0 amide bonds. The van der Waals surface area contributed by atoms with Gasteiger partial charge in [0.05, 0.1) is 11.2 Å². The molecule has 1 saturated carbocycles. The molecule has 0 aromatic carbocycles. The number of anilines is 1. The van der Waals surface area contributed by atoms with Gasteiger partial charge in [0.1, 0.15) is 5.52 Å². The van der Waals surface area contributed by atoms with Crippen molar-refractivity contribution >= 4 is 32.7 Å². The Hall–Kier alpha value is -1.20. The van der Waals surface area contributed by atoms with Gasteiger partial charge in [0, 0.05) is 34.4 Å². The van der Waals surface area contributed by atoms with Crippen molar-refractivity contribution in [3.05, 3.63) is 29.0 Å². The van der Waals surface area contributed by atoms with Crippen molar-refractivity contribution in [3.8, 4) is 0 Å². The summed E-state index contributed by atoms with van der Waals surface area (Å²) in [5.41, 5.74) is 9.00. The maximum Gasteiger partial charge on any atom is 0.112 e. The van der Waals surface area contributed by atoms with Crippen LogP contribution in [0.5, 0.6) is 0 Å². The first kappa shape index (κ1) is 12.8. The van der Waals surface area contributed by atoms with Gasteiger partial charge in [0.2, 0.25) is 0 Å². The third-order valence-electron chi connectivity index (χ3n) is 4.22. The quantitative estimate of drug-likeness (QED) is 0.893. The van der Waals surface area contributed by atoms with E-state index >= 15 is 0 Å². The first-order chi connectivity index (χ1) is 8.98. The molecule has 3 N–H and O–H groups in total. The van der Waals surface area contributed by atoms with Gasteiger partial charge in [0.25, 0.3) is 0 Å². The zero-order valence-corrected chi connectivity index (χ0v) is 12.6. The number of hydrogen-bond donors (Lipinski definition) is 2. The Morgan fingerprint density at radius 2 is 2.21 bits per heavy atom. The van der Waals surface area contributed by atoms with E-state index in [-0.39, 0.29) is 11.5 Å². The highest BCUT2D eigenvalue weighted by molar-refractivity contribution is 9.10. The number of hydrogen-bond acceptors (Lipinski definition) is 4. The lowest BCUT2D eigenvalue weighted by Gasteiger charge is -2.51. The van der Waals surface area contributed by atoms with E-state index in [2.05, 4.69) is 45.1 Å². The van der Waals surface area contributed by atoms with Crippen LogP contribution in [0, 0.1) is 5.41 Å². The third-order valence-corrected chi connectivity index (χ3v) is 4.65. The number of rotatable bonds is 2. The van der Waals surface area contributed by atoms with Crippen LogP contribution in [0.15, 0.2) is 29.0 Å². The second-order valence-electron chi connectivity index (χ2n) is 5.74. The molecule has 0 aliphatic heterocycles. The Morgan fingerprint density at radius 3 is 2.89 bits per heavy atom. The largest absolute Gasteiger partial charge is 0.380 e. The van der Waals surface area contributed by atoms with E-state index < -0.39 is 0 Å². The zero-order chi connectivity index (χ0) is 13.6. The molecule has 4 nitrogen and oxygen atoms in total. The summed E-state index contributed by atoms with van der Waals surface area (Å²) in [6.07, 6.45) is 4.60. The van der Waals surface area contributed by atoms with E-state index in [1.807, 2.05) is 18.3 Å². The van der Waals surface area contributed by atoms with Gasteiger partial charge in [0.15, 0.2) is 0 Å². The van der Waals surface area contributed by atoms with E-state index in [1.165, 1.54) is 0 Å². The van der Waals surface area contributed by atoms with Crippen LogP contribution in [0.25, 0.3) is 11.0 Å². The molecule has 0 saturated heterocycles. The number of nitrogens with two attached hydrogens (primary N) is 1. The molecule has 3 rings (SSSR count). The minimum Gasteiger partial charge on any atom is -0.380 e. The fourth-order valence-corrected chi connectivity index (χ4v) is 2.83. The molecule has 2 heterocycles. The molecule has 19 heavy (non-hydrogen) atoms. The number of nitrogens with one attached hydrogen (secondary N) is 1. The molecule has 1 aliphatic carbocycles. The molecule has 0 bridgehead atoms. The Balaban J connectivity index is 1.94. The van der Waals surface area contributed by atoms with Crippen molar-refractivity contribution < 1.29 is 0 Å². The highest BCUT2D eigenvalue weighted by Crippen LogP contribution is 2.41. The Morgan fingerprint density at radius 1 is 1.42 bits per heavy atom. The van der Waals surface area contributed by atoms with Gasteiger partial charge >= 0.3 is 0 Å². The van der Waals surface area contributed by atoms with E-state index in [4.69, 9.17) is 5.73 Å². The van der Waals surface area contributed by atoms with Crippen LogP contribution in [0.4, 0.5) is 5.69 Å². The minimum absolute atomic E-state index is 0.116. The maximum absolute atomic E-state index is 6.06. The summed E-state index contributed by atoms with van der Waals surface area (Å²) in [4.78, 5) is 8.80. The maximum atomic E-state index is 6.06. The highest BCUT2D eigenvalue weighted by Gasteiger charge is 2.46. The number of halogens is 1. The predicted molar refractivity (Wildman–Crippen MR) is 81.0 cm³/mol. The molecular formula is C14H17BrN4. The van der Waals surface area contributed by atoms with E-state index in [1.54, 1.807) is 6.20 Å². The van der Waals surface area contributed by atoms with Crippen molar-refractivity contribution in [2.75, 3.05) is 5.32 Å². The topological polar surface area (TPSA) is 63.8 Å². The summed E-state index contributed by atoms with van der Waals surface area (Å²) in [6, 6.07) is 4.60. The van der Waals surface area contributed by atoms with Crippen molar-refractivity contribution in [1.82, 2.24) is 9.97 Å². The lowest BCUT2D eigenvalue weighted by atomic mass is 9.63. The van der Waals surface area contributed by atoms with Crippen LogP contribution in [0.1, 0.15) is 20.3 Å². The number of pyridine rings is 2. The minimum atomic E-state index is 0.116. The second-order valence-corrected chi connectivity index (χ2v) is 6.66. The van der Waals surface area contributed by atoms with Crippen LogP contribution < -0.4 is 11.1 Å². The smallest absolute Gasteiger partial charge is 0.112 e. The molecular weight excluding hydrogens is 304 g/mol. The predicted octanol–water partition coefficient (Wildman–Crippen LogP) is 2.93. The zero-order valence-electron chi connectivity index (χ0n) is 11.0. The van der Waals surface area contributed by atoms with Gasteiger partial charge in [-0.15, -0.1) is 0 Å². The second kappa shape index (κ2) is 4.42. The monoisotopic (exact) mass is 320 g/mol. The molecule has 2 aromatic heterocycles.